The van der Waals surface area contributed by atoms with Crippen LogP contribution >= 0.6 is 0 Å². The number of carbonyl (C=O) groups excluding carboxylic acids is 2. The lowest BCUT2D eigenvalue weighted by Gasteiger charge is -2.34. The number of aromatic nitrogens is 2. The lowest BCUT2D eigenvalue weighted by atomic mass is 9.91. The molecule has 0 unspecified atom stereocenters. The number of benzene rings is 1. The van der Waals surface area contributed by atoms with E-state index < -0.39 is 5.41 Å². The average molecular weight is 437 g/mol. The van der Waals surface area contributed by atoms with E-state index in [4.69, 9.17) is 4.98 Å². The zero-order valence-electron chi connectivity index (χ0n) is 19.5. The van der Waals surface area contributed by atoms with Crippen LogP contribution in [0.25, 0.3) is 0 Å². The van der Waals surface area contributed by atoms with E-state index in [1.165, 1.54) is 19.8 Å². The Morgan fingerprint density at radius 2 is 1.94 bits per heavy atom. The van der Waals surface area contributed by atoms with Crippen molar-refractivity contribution in [2.45, 2.75) is 59.4 Å². The molecule has 32 heavy (non-hydrogen) atoms. The minimum atomic E-state index is -0.519. The zero-order chi connectivity index (χ0) is 23.0. The van der Waals surface area contributed by atoms with Gasteiger partial charge in [0.15, 0.2) is 5.82 Å². The minimum Gasteiger partial charge on any atom is -0.351 e. The third-order valence-electron chi connectivity index (χ3n) is 6.40. The fourth-order valence-corrected chi connectivity index (χ4v) is 4.68. The van der Waals surface area contributed by atoms with Crippen LogP contribution in [-0.2, 0) is 9.59 Å². The van der Waals surface area contributed by atoms with Crippen LogP contribution in [0.4, 0.5) is 28.8 Å². The third kappa shape index (κ3) is 4.26. The highest BCUT2D eigenvalue weighted by atomic mass is 16.2. The summed E-state index contributed by atoms with van der Waals surface area (Å²) in [6, 6.07) is 6.06. The van der Waals surface area contributed by atoms with E-state index in [0.29, 0.717) is 24.2 Å². The van der Waals surface area contributed by atoms with Crippen LogP contribution < -0.4 is 20.4 Å². The monoisotopic (exact) mass is 436 g/mol. The second-order valence-electron chi connectivity index (χ2n) is 9.55. The molecule has 1 aliphatic heterocycles. The van der Waals surface area contributed by atoms with E-state index in [1.807, 2.05) is 39.0 Å². The molecule has 2 N–H and O–H groups in total. The summed E-state index contributed by atoms with van der Waals surface area (Å²) in [4.78, 5) is 38.0. The predicted octanol–water partition coefficient (Wildman–Crippen LogP) is 4.24. The van der Waals surface area contributed by atoms with Gasteiger partial charge in [0.05, 0.1) is 11.6 Å². The van der Waals surface area contributed by atoms with Gasteiger partial charge in [0.25, 0.3) is 0 Å². The van der Waals surface area contributed by atoms with Gasteiger partial charge in [0.1, 0.15) is 5.69 Å². The Morgan fingerprint density at radius 1 is 1.22 bits per heavy atom. The molecular weight excluding hydrogens is 404 g/mol. The first-order valence-corrected chi connectivity index (χ1v) is 11.2. The molecule has 2 heterocycles. The van der Waals surface area contributed by atoms with Crippen molar-refractivity contribution in [3.05, 3.63) is 30.0 Å². The van der Waals surface area contributed by atoms with Crippen molar-refractivity contribution in [2.24, 2.45) is 5.41 Å². The quantitative estimate of drug-likeness (QED) is 0.745. The smallest absolute Gasteiger partial charge is 0.234 e. The topological polar surface area (TPSA) is 90.5 Å². The maximum absolute atomic E-state index is 13.1. The van der Waals surface area contributed by atoms with Crippen LogP contribution in [0.15, 0.2) is 24.4 Å². The molecule has 2 aromatic rings. The first kappa shape index (κ1) is 22.0. The largest absolute Gasteiger partial charge is 0.351 e. The summed E-state index contributed by atoms with van der Waals surface area (Å²) < 4.78 is 0. The molecule has 0 spiro atoms. The predicted molar refractivity (Wildman–Crippen MR) is 128 cm³/mol. The number of amides is 2. The Morgan fingerprint density at radius 3 is 2.62 bits per heavy atom. The first-order valence-electron chi connectivity index (χ1n) is 11.2. The molecule has 4 rings (SSSR count). The van der Waals surface area contributed by atoms with Crippen LogP contribution in [0.1, 0.15) is 52.0 Å². The molecule has 8 nitrogen and oxygen atoms in total. The third-order valence-corrected chi connectivity index (χ3v) is 6.40. The van der Waals surface area contributed by atoms with Gasteiger partial charge >= 0.3 is 0 Å². The van der Waals surface area contributed by atoms with E-state index >= 15 is 0 Å². The Kier molecular flexibility index (Phi) is 5.79. The highest BCUT2D eigenvalue weighted by Gasteiger charge is 2.41. The lowest BCUT2D eigenvalue weighted by molar-refractivity contribution is -0.125. The Hall–Kier alpha value is -3.16. The molecule has 1 aromatic heterocycles. The average Bonchev–Trinajstić information content (AvgIpc) is 3.25. The van der Waals surface area contributed by atoms with Gasteiger partial charge in [-0.3, -0.25) is 9.59 Å². The molecule has 1 saturated carbocycles. The van der Waals surface area contributed by atoms with Gasteiger partial charge in [-0.1, -0.05) is 18.9 Å². The highest BCUT2D eigenvalue weighted by molar-refractivity contribution is 6.00. The second kappa shape index (κ2) is 8.41. The number of nitrogens with one attached hydrogen (secondary N) is 2. The number of aryl methyl sites for hydroxylation is 1. The summed E-state index contributed by atoms with van der Waals surface area (Å²) in [5.74, 6) is 1.22. The summed E-state index contributed by atoms with van der Waals surface area (Å²) in [7, 11) is 1.80. The highest BCUT2D eigenvalue weighted by Crippen LogP contribution is 2.40. The number of anilines is 5. The van der Waals surface area contributed by atoms with Crippen molar-refractivity contribution < 1.29 is 9.59 Å². The van der Waals surface area contributed by atoms with Crippen LogP contribution in [0.2, 0.25) is 0 Å². The molecule has 1 aromatic carbocycles. The van der Waals surface area contributed by atoms with Crippen molar-refractivity contribution in [2.75, 3.05) is 34.0 Å². The van der Waals surface area contributed by atoms with Crippen LogP contribution in [0, 0.1) is 12.3 Å². The Labute approximate surface area is 189 Å². The molecule has 0 atom stereocenters. The number of hydrogen-bond donors (Lipinski definition) is 2. The van der Waals surface area contributed by atoms with Crippen LogP contribution in [-0.4, -0.2) is 41.4 Å². The van der Waals surface area contributed by atoms with E-state index in [9.17, 15) is 9.59 Å². The molecule has 8 heteroatoms. The van der Waals surface area contributed by atoms with E-state index in [-0.39, 0.29) is 11.8 Å². The first-order chi connectivity index (χ1) is 15.2. The Balaban J connectivity index is 1.72. The normalized spacial score (nSPS) is 18.3. The van der Waals surface area contributed by atoms with Crippen molar-refractivity contribution in [1.82, 2.24) is 9.97 Å². The molecule has 170 valence electrons. The fourth-order valence-electron chi connectivity index (χ4n) is 4.68. The van der Waals surface area contributed by atoms with Gasteiger partial charge in [-0.25, -0.2) is 4.98 Å². The van der Waals surface area contributed by atoms with Crippen LogP contribution in [0.5, 0.6) is 0 Å². The van der Waals surface area contributed by atoms with E-state index in [0.717, 1.165) is 35.6 Å². The second-order valence-corrected chi connectivity index (χ2v) is 9.55. The molecule has 0 bridgehead atoms. The number of fused-ring (bicyclic) bond motifs is 1. The number of rotatable bonds is 4. The minimum absolute atomic E-state index is 0.0717. The number of nitrogens with zero attached hydrogens (tertiary/aromatic N) is 4. The summed E-state index contributed by atoms with van der Waals surface area (Å²) in [5.41, 5.74) is 2.76. The molecule has 2 amide bonds. The van der Waals surface area contributed by atoms with Gasteiger partial charge in [0.2, 0.25) is 17.8 Å². The number of carbonyl (C=O) groups is 2. The summed E-state index contributed by atoms with van der Waals surface area (Å²) in [5, 5.41) is 6.12. The standard InChI is InChI=1S/C24H32N6O2/c1-15-10-11-17(26-16(2)31)12-19(15)27-23-25-13-20-21(28-23)30(18-8-6-7-9-18)14-24(3,4)22(32)29(20)5/h10-13,18H,6-9,14H2,1-5H3,(H,26,31)(H,25,27,28). The van der Waals surface area contributed by atoms with Crippen molar-refractivity contribution in [3.8, 4) is 0 Å². The summed E-state index contributed by atoms with van der Waals surface area (Å²) in [6.45, 7) is 8.11. The van der Waals surface area contributed by atoms with Gasteiger partial charge in [-0.15, -0.1) is 0 Å². The van der Waals surface area contributed by atoms with Gasteiger partial charge in [0, 0.05) is 37.9 Å². The zero-order valence-corrected chi connectivity index (χ0v) is 19.5. The van der Waals surface area contributed by atoms with Crippen molar-refractivity contribution >= 4 is 40.6 Å². The van der Waals surface area contributed by atoms with Gasteiger partial charge < -0.3 is 20.4 Å². The summed E-state index contributed by atoms with van der Waals surface area (Å²) >= 11 is 0. The molecular formula is C24H32N6O2. The van der Waals surface area contributed by atoms with Gasteiger partial charge in [-0.05, 0) is 51.3 Å². The molecule has 2 aliphatic rings. The van der Waals surface area contributed by atoms with Gasteiger partial charge in [-0.2, -0.15) is 4.98 Å². The maximum Gasteiger partial charge on any atom is 0.234 e. The maximum atomic E-state index is 13.1. The van der Waals surface area contributed by atoms with E-state index in [1.54, 1.807) is 18.1 Å². The number of hydrogen-bond acceptors (Lipinski definition) is 6. The van der Waals surface area contributed by atoms with Crippen molar-refractivity contribution in [1.29, 1.82) is 0 Å². The summed E-state index contributed by atoms with van der Waals surface area (Å²) in [6.07, 6.45) is 6.35. The lowest BCUT2D eigenvalue weighted by Crippen LogP contribution is -2.45. The van der Waals surface area contributed by atoms with Crippen LogP contribution in [0.3, 0.4) is 0 Å². The molecule has 1 aliphatic carbocycles. The fraction of sp³-hybridized carbons (Fsp3) is 0.500. The van der Waals surface area contributed by atoms with E-state index in [2.05, 4.69) is 20.5 Å². The Bertz CT molecular complexity index is 1040. The van der Waals surface area contributed by atoms with Crippen molar-refractivity contribution in [3.63, 3.8) is 0 Å². The molecule has 0 radical (unpaired) electrons. The molecule has 1 fully saturated rings. The SMILES string of the molecule is CC(=O)Nc1ccc(C)c(Nc2ncc3c(n2)N(C2CCCC2)CC(C)(C)C(=O)N3C)c1. The molecule has 0 saturated heterocycles.